The molecule has 0 radical (unpaired) electrons. The average molecular weight is 427 g/mol. The number of methoxy groups -OCH3 is 1. The minimum Gasteiger partial charge on any atom is -0.497 e. The molecular weight excluding hydrogens is 396 g/mol. The second-order valence-corrected chi connectivity index (χ2v) is 8.53. The molecule has 166 valence electrons. The van der Waals surface area contributed by atoms with Crippen LogP contribution in [0.3, 0.4) is 0 Å². The van der Waals surface area contributed by atoms with Crippen LogP contribution in [0.2, 0.25) is 0 Å². The van der Waals surface area contributed by atoms with Crippen LogP contribution in [0.5, 0.6) is 11.5 Å². The van der Waals surface area contributed by atoms with Crippen molar-refractivity contribution in [2.75, 3.05) is 32.1 Å². The molecule has 2 aromatic rings. The van der Waals surface area contributed by atoms with Crippen LogP contribution in [-0.4, -0.2) is 53.4 Å². The fourth-order valence-corrected chi connectivity index (χ4v) is 4.54. The van der Waals surface area contributed by atoms with E-state index in [9.17, 15) is 15.0 Å². The monoisotopic (exact) mass is 426 g/mol. The van der Waals surface area contributed by atoms with Crippen LogP contribution in [0.1, 0.15) is 49.5 Å². The largest absolute Gasteiger partial charge is 0.497 e. The number of hydrogen-bond acceptors (Lipinski definition) is 6. The van der Waals surface area contributed by atoms with E-state index in [1.807, 2.05) is 30.3 Å². The maximum absolute atomic E-state index is 11.1. The van der Waals surface area contributed by atoms with Gasteiger partial charge in [-0.1, -0.05) is 12.1 Å². The van der Waals surface area contributed by atoms with Crippen molar-refractivity contribution in [2.24, 2.45) is 0 Å². The van der Waals surface area contributed by atoms with Crippen molar-refractivity contribution in [1.29, 1.82) is 0 Å². The summed E-state index contributed by atoms with van der Waals surface area (Å²) in [7, 11) is 1.61. The molecule has 2 aliphatic heterocycles. The molecule has 1 fully saturated rings. The number of nitrogens with one attached hydrogen (secondary N) is 1. The third-order valence-electron chi connectivity index (χ3n) is 6.28. The van der Waals surface area contributed by atoms with Crippen molar-refractivity contribution in [3.8, 4) is 11.5 Å². The number of β-amino-alcohol motifs (C(OH)–C–C–N with tert-alkyl or cyclic N) is 1. The van der Waals surface area contributed by atoms with E-state index in [0.717, 1.165) is 42.8 Å². The molecule has 2 heterocycles. The molecule has 0 saturated carbocycles. The number of carbonyl (C=O) groups excluding carboxylic acids is 1. The number of benzene rings is 2. The highest BCUT2D eigenvalue weighted by Gasteiger charge is 2.43. The number of aliphatic hydroxyl groups excluding tert-OH is 2. The summed E-state index contributed by atoms with van der Waals surface area (Å²) in [6.07, 6.45) is 0.978. The average Bonchev–Trinajstić information content (AvgIpc) is 2.75. The summed E-state index contributed by atoms with van der Waals surface area (Å²) in [5, 5.41) is 24.1. The van der Waals surface area contributed by atoms with Crippen LogP contribution in [-0.2, 0) is 4.79 Å². The van der Waals surface area contributed by atoms with E-state index in [1.165, 1.54) is 6.92 Å². The van der Waals surface area contributed by atoms with Crippen LogP contribution >= 0.6 is 0 Å². The van der Waals surface area contributed by atoms with Gasteiger partial charge in [0.05, 0.1) is 19.3 Å². The molecule has 0 aromatic heterocycles. The predicted octanol–water partition coefficient (Wildman–Crippen LogP) is 3.04. The number of piperidine rings is 1. The Bertz CT molecular complexity index is 922. The molecule has 2 aliphatic rings. The topological polar surface area (TPSA) is 91.3 Å². The van der Waals surface area contributed by atoms with Gasteiger partial charge in [-0.2, -0.15) is 0 Å². The SMILES string of the molecule is COc1ccc2c(c1)C(O)CC1(CCN(CC(O)c3ccc(NC(C)=O)cc3)CC1)O2. The standard InChI is InChI=1S/C24H30N2O5/c1-16(27)25-18-5-3-17(4-6-18)22(29)15-26-11-9-24(10-12-26)14-21(28)20-13-19(30-2)7-8-23(20)31-24/h3-8,13,21-22,28-29H,9-12,14-15H2,1-2H3,(H,25,27). The normalized spacial score (nSPS) is 21.1. The Balaban J connectivity index is 1.34. The molecule has 3 N–H and O–H groups in total. The highest BCUT2D eigenvalue weighted by Crippen LogP contribution is 2.45. The number of nitrogens with zero attached hydrogens (tertiary/aromatic N) is 1. The summed E-state index contributed by atoms with van der Waals surface area (Å²) >= 11 is 0. The fraction of sp³-hybridized carbons (Fsp3) is 0.458. The van der Waals surface area contributed by atoms with Crippen molar-refractivity contribution >= 4 is 11.6 Å². The first-order chi connectivity index (χ1) is 14.9. The summed E-state index contributed by atoms with van der Waals surface area (Å²) in [6, 6.07) is 12.9. The number of hydrogen-bond donors (Lipinski definition) is 3. The van der Waals surface area contributed by atoms with E-state index in [2.05, 4.69) is 10.2 Å². The lowest BCUT2D eigenvalue weighted by Crippen LogP contribution is -2.51. The molecule has 7 nitrogen and oxygen atoms in total. The fourth-order valence-electron chi connectivity index (χ4n) is 4.54. The lowest BCUT2D eigenvalue weighted by molar-refractivity contribution is -0.114. The Morgan fingerprint density at radius 2 is 1.97 bits per heavy atom. The first kappa shape index (κ1) is 21.6. The van der Waals surface area contributed by atoms with Crippen LogP contribution < -0.4 is 14.8 Å². The Kier molecular flexibility index (Phi) is 6.18. The van der Waals surface area contributed by atoms with Crippen LogP contribution in [0.15, 0.2) is 42.5 Å². The third kappa shape index (κ3) is 4.84. The number of ether oxygens (including phenoxy) is 2. The first-order valence-corrected chi connectivity index (χ1v) is 10.7. The van der Waals surface area contributed by atoms with Crippen molar-refractivity contribution in [1.82, 2.24) is 4.90 Å². The number of amides is 1. The van der Waals surface area contributed by atoms with Gasteiger partial charge in [0.2, 0.25) is 5.91 Å². The maximum atomic E-state index is 11.1. The van der Waals surface area contributed by atoms with E-state index < -0.39 is 12.2 Å². The van der Waals surface area contributed by atoms with Crippen molar-refractivity contribution < 1.29 is 24.5 Å². The number of anilines is 1. The highest BCUT2D eigenvalue weighted by molar-refractivity contribution is 5.88. The van der Waals surface area contributed by atoms with Gasteiger partial charge >= 0.3 is 0 Å². The molecule has 2 aromatic carbocycles. The van der Waals surface area contributed by atoms with Crippen LogP contribution in [0.25, 0.3) is 0 Å². The molecule has 2 unspecified atom stereocenters. The summed E-state index contributed by atoms with van der Waals surface area (Å²) in [6.45, 7) is 3.58. The lowest BCUT2D eigenvalue weighted by atomic mass is 9.81. The van der Waals surface area contributed by atoms with E-state index in [4.69, 9.17) is 9.47 Å². The van der Waals surface area contributed by atoms with Gasteiger partial charge in [0.25, 0.3) is 0 Å². The van der Waals surface area contributed by atoms with Crippen LogP contribution in [0.4, 0.5) is 5.69 Å². The summed E-state index contributed by atoms with van der Waals surface area (Å²) in [4.78, 5) is 13.4. The Labute approximate surface area is 182 Å². The Morgan fingerprint density at radius 3 is 2.61 bits per heavy atom. The smallest absolute Gasteiger partial charge is 0.221 e. The van der Waals surface area contributed by atoms with E-state index in [1.54, 1.807) is 19.2 Å². The number of carbonyl (C=O) groups is 1. The quantitative estimate of drug-likeness (QED) is 0.681. The summed E-state index contributed by atoms with van der Waals surface area (Å²) in [5.41, 5.74) is 1.95. The number of rotatable bonds is 5. The Morgan fingerprint density at radius 1 is 1.26 bits per heavy atom. The zero-order valence-corrected chi connectivity index (χ0v) is 18.0. The van der Waals surface area contributed by atoms with Crippen molar-refractivity contribution in [2.45, 2.75) is 44.0 Å². The van der Waals surface area contributed by atoms with Gasteiger partial charge in [-0.25, -0.2) is 0 Å². The molecule has 0 bridgehead atoms. The minimum atomic E-state index is -0.605. The zero-order chi connectivity index (χ0) is 22.0. The third-order valence-corrected chi connectivity index (χ3v) is 6.28. The molecule has 2 atom stereocenters. The van der Waals surface area contributed by atoms with Gasteiger partial charge in [-0.05, 0) is 48.7 Å². The maximum Gasteiger partial charge on any atom is 0.221 e. The molecule has 1 amide bonds. The van der Waals surface area contributed by atoms with Crippen LogP contribution in [0, 0.1) is 0 Å². The number of likely N-dealkylation sites (tertiary alicyclic amines) is 1. The van der Waals surface area contributed by atoms with Gasteiger partial charge in [0.15, 0.2) is 0 Å². The molecule has 4 rings (SSSR count). The van der Waals surface area contributed by atoms with Gasteiger partial charge in [0, 0.05) is 44.2 Å². The molecule has 0 aliphatic carbocycles. The summed E-state index contributed by atoms with van der Waals surface area (Å²) < 4.78 is 11.6. The second-order valence-electron chi connectivity index (χ2n) is 8.53. The van der Waals surface area contributed by atoms with Gasteiger partial charge < -0.3 is 29.9 Å². The van der Waals surface area contributed by atoms with Gasteiger partial charge in [-0.3, -0.25) is 4.79 Å². The van der Waals surface area contributed by atoms with Crippen molar-refractivity contribution in [3.05, 3.63) is 53.6 Å². The summed E-state index contributed by atoms with van der Waals surface area (Å²) in [5.74, 6) is 1.32. The van der Waals surface area contributed by atoms with Gasteiger partial charge in [-0.15, -0.1) is 0 Å². The lowest BCUT2D eigenvalue weighted by Gasteiger charge is -2.46. The minimum absolute atomic E-state index is 0.118. The highest BCUT2D eigenvalue weighted by atomic mass is 16.5. The molecule has 1 spiro atoms. The zero-order valence-electron chi connectivity index (χ0n) is 18.0. The van der Waals surface area contributed by atoms with Gasteiger partial charge in [0.1, 0.15) is 17.1 Å². The predicted molar refractivity (Wildman–Crippen MR) is 117 cm³/mol. The van der Waals surface area contributed by atoms with E-state index in [-0.39, 0.29) is 11.5 Å². The molecule has 7 heteroatoms. The number of fused-ring (bicyclic) bond motifs is 1. The van der Waals surface area contributed by atoms with E-state index in [0.29, 0.717) is 24.4 Å². The van der Waals surface area contributed by atoms with Crippen molar-refractivity contribution in [3.63, 3.8) is 0 Å². The molecule has 1 saturated heterocycles. The molecule has 31 heavy (non-hydrogen) atoms. The molecular formula is C24H30N2O5. The second kappa shape index (κ2) is 8.86. The first-order valence-electron chi connectivity index (χ1n) is 10.7. The van der Waals surface area contributed by atoms with E-state index >= 15 is 0 Å². The Hall–Kier alpha value is -2.61. The number of aliphatic hydroxyl groups is 2.